The van der Waals surface area contributed by atoms with Gasteiger partial charge in [-0.25, -0.2) is 0 Å². The number of fused-ring (bicyclic) bond motifs is 2. The van der Waals surface area contributed by atoms with E-state index in [1.165, 1.54) is 0 Å². The molecule has 0 radical (unpaired) electrons. The Hall–Kier alpha value is -1.80. The van der Waals surface area contributed by atoms with Gasteiger partial charge in [0.15, 0.2) is 0 Å². The van der Waals surface area contributed by atoms with Gasteiger partial charge >= 0.3 is 0 Å². The number of hydrogen-bond donors (Lipinski definition) is 1. The van der Waals surface area contributed by atoms with Crippen LogP contribution in [0.15, 0.2) is 24.3 Å². The Labute approximate surface area is 220 Å². The van der Waals surface area contributed by atoms with Gasteiger partial charge in [0.25, 0.3) is 0 Å². The molecule has 0 aromatic heterocycles. The van der Waals surface area contributed by atoms with Gasteiger partial charge in [-0.15, -0.1) is 11.8 Å². The largest absolute Gasteiger partial charge is 0.395 e. The molecule has 8 heteroatoms. The summed E-state index contributed by atoms with van der Waals surface area (Å²) in [5.74, 6) is -1.49. The Kier molecular flexibility index (Phi) is 6.95. The van der Waals surface area contributed by atoms with Crippen LogP contribution in [0.5, 0.6) is 0 Å². The molecule has 36 heavy (non-hydrogen) atoms. The van der Waals surface area contributed by atoms with Crippen LogP contribution in [0.2, 0.25) is 0 Å². The lowest BCUT2D eigenvalue weighted by Gasteiger charge is -2.44. The van der Waals surface area contributed by atoms with E-state index in [1.54, 1.807) is 16.7 Å². The summed E-state index contributed by atoms with van der Waals surface area (Å²) in [6, 6.07) is -0.755. The number of β-amino-alcohol motifs (C(OH)–C–C–N with tert-alkyl or cyclic N) is 1. The van der Waals surface area contributed by atoms with E-state index in [9.17, 15) is 19.5 Å². The molecule has 7 nitrogen and oxygen atoms in total. The van der Waals surface area contributed by atoms with Gasteiger partial charge < -0.3 is 19.8 Å². The third-order valence-corrected chi connectivity index (χ3v) is 9.97. The average molecular weight is 518 g/mol. The molecule has 0 aliphatic carbocycles. The topological polar surface area (TPSA) is 81.2 Å². The van der Waals surface area contributed by atoms with Crippen molar-refractivity contribution >= 4 is 29.5 Å². The van der Waals surface area contributed by atoms with E-state index in [0.29, 0.717) is 19.6 Å². The van der Waals surface area contributed by atoms with E-state index in [0.717, 1.165) is 12.8 Å². The van der Waals surface area contributed by atoms with Crippen LogP contribution in [-0.2, 0) is 14.4 Å². The summed E-state index contributed by atoms with van der Waals surface area (Å²) in [6.07, 6.45) is 9.87. The van der Waals surface area contributed by atoms with Crippen LogP contribution in [0.4, 0.5) is 0 Å². The number of hydrogen-bond acceptors (Lipinski definition) is 5. The normalized spacial score (nSPS) is 34.6. The van der Waals surface area contributed by atoms with Crippen molar-refractivity contribution in [3.8, 4) is 0 Å². The van der Waals surface area contributed by atoms with Gasteiger partial charge in [0, 0.05) is 36.5 Å². The molecule has 0 saturated carbocycles. The molecule has 2 saturated heterocycles. The van der Waals surface area contributed by atoms with E-state index >= 15 is 0 Å². The van der Waals surface area contributed by atoms with Gasteiger partial charge in [-0.2, -0.15) is 0 Å². The Morgan fingerprint density at radius 2 is 1.64 bits per heavy atom. The lowest BCUT2D eigenvalue weighted by atomic mass is 9.74. The van der Waals surface area contributed by atoms with Crippen LogP contribution in [0.3, 0.4) is 0 Å². The molecule has 5 atom stereocenters. The van der Waals surface area contributed by atoms with Crippen molar-refractivity contribution in [2.75, 3.05) is 32.8 Å². The molecule has 0 bridgehead atoms. The van der Waals surface area contributed by atoms with Crippen molar-refractivity contribution in [3.63, 3.8) is 0 Å². The molecule has 1 unspecified atom stereocenters. The maximum atomic E-state index is 14.4. The minimum absolute atomic E-state index is 0.00770. The fraction of sp³-hybridized carbons (Fsp3) is 0.750. The molecule has 0 aromatic rings. The number of carbonyl (C=O) groups excluding carboxylic acids is 3. The molecule has 200 valence electrons. The standard InChI is InChI=1S/C28H43N3O4S/c1-8-13-29-14-9-11-27(7)19(22(29)33)20-23(34)30(16-17-32)21-24(35)31(15-10-12-28(20,21)36-27)26(5,6)18-25(2,3)4/h9-12,19-21,32H,8,13-18H2,1-7H3/t19-,20+,21?,27+,28+/m1/s1. The smallest absolute Gasteiger partial charge is 0.247 e. The van der Waals surface area contributed by atoms with Crippen LogP contribution in [0.25, 0.3) is 0 Å². The van der Waals surface area contributed by atoms with Crippen LogP contribution < -0.4 is 0 Å². The van der Waals surface area contributed by atoms with E-state index < -0.39 is 32.9 Å². The third kappa shape index (κ3) is 4.22. The highest BCUT2D eigenvalue weighted by Gasteiger charge is 2.74. The van der Waals surface area contributed by atoms with Crippen LogP contribution in [0.1, 0.15) is 61.3 Å². The van der Waals surface area contributed by atoms with E-state index in [4.69, 9.17) is 0 Å². The summed E-state index contributed by atoms with van der Waals surface area (Å²) >= 11 is 1.60. The minimum Gasteiger partial charge on any atom is -0.395 e. The summed E-state index contributed by atoms with van der Waals surface area (Å²) in [5.41, 5.74) is -0.415. The number of thioether (sulfide) groups is 1. The highest BCUT2D eigenvalue weighted by atomic mass is 32.2. The molecule has 3 amide bonds. The molecule has 4 heterocycles. The van der Waals surface area contributed by atoms with Crippen molar-refractivity contribution in [2.24, 2.45) is 17.3 Å². The molecule has 0 aromatic carbocycles. The summed E-state index contributed by atoms with van der Waals surface area (Å²) in [4.78, 5) is 47.8. The molecule has 4 rings (SSSR count). The second-order valence-electron chi connectivity index (χ2n) is 12.8. The van der Waals surface area contributed by atoms with Crippen LogP contribution in [0, 0.1) is 17.3 Å². The average Bonchev–Trinajstić information content (AvgIpc) is 3.00. The van der Waals surface area contributed by atoms with Crippen LogP contribution in [-0.4, -0.2) is 91.4 Å². The zero-order valence-corrected chi connectivity index (χ0v) is 23.7. The summed E-state index contributed by atoms with van der Waals surface area (Å²) < 4.78 is -1.45. The minimum atomic E-state index is -0.857. The first-order valence-corrected chi connectivity index (χ1v) is 14.1. The highest BCUT2D eigenvalue weighted by molar-refractivity contribution is 8.02. The van der Waals surface area contributed by atoms with Gasteiger partial charge in [0.1, 0.15) is 6.04 Å². The maximum Gasteiger partial charge on any atom is 0.247 e. The highest BCUT2D eigenvalue weighted by Crippen LogP contribution is 2.65. The number of carbonyl (C=O) groups is 3. The van der Waals surface area contributed by atoms with Crippen molar-refractivity contribution in [1.29, 1.82) is 0 Å². The van der Waals surface area contributed by atoms with E-state index in [-0.39, 0.29) is 36.3 Å². The zero-order chi connectivity index (χ0) is 26.7. The molecule has 4 aliphatic rings. The van der Waals surface area contributed by atoms with E-state index in [1.807, 2.05) is 35.8 Å². The SMILES string of the molecule is CCCN1CC=C[C@]2(C)S[C@]34C=CCN(C(C)(C)CC(C)(C)C)C(=O)C3N(CCO)C(=O)[C@@H]4[C@@H]2C1=O. The lowest BCUT2D eigenvalue weighted by molar-refractivity contribution is -0.147. The quantitative estimate of drug-likeness (QED) is 0.548. The predicted octanol–water partition coefficient (Wildman–Crippen LogP) is 3.09. The first kappa shape index (κ1) is 27.2. The zero-order valence-electron chi connectivity index (χ0n) is 22.9. The van der Waals surface area contributed by atoms with Crippen molar-refractivity contribution < 1.29 is 19.5 Å². The predicted molar refractivity (Wildman–Crippen MR) is 143 cm³/mol. The fourth-order valence-electron chi connectivity index (χ4n) is 7.33. The maximum absolute atomic E-state index is 14.4. The summed E-state index contributed by atoms with van der Waals surface area (Å²) in [6.45, 7) is 16.3. The second-order valence-corrected chi connectivity index (χ2v) is 14.6. The Morgan fingerprint density at radius 1 is 0.972 bits per heavy atom. The first-order valence-electron chi connectivity index (χ1n) is 13.3. The van der Waals surface area contributed by atoms with Gasteiger partial charge in [0.05, 0.1) is 23.2 Å². The van der Waals surface area contributed by atoms with Crippen molar-refractivity contribution in [1.82, 2.24) is 14.7 Å². The molecular formula is C28H43N3O4S. The first-order chi connectivity index (χ1) is 16.7. The Morgan fingerprint density at radius 3 is 2.25 bits per heavy atom. The number of aliphatic hydroxyl groups excluding tert-OH is 1. The molecule has 2 fully saturated rings. The number of aliphatic hydroxyl groups is 1. The van der Waals surface area contributed by atoms with Gasteiger partial charge in [0.2, 0.25) is 17.7 Å². The van der Waals surface area contributed by atoms with Crippen molar-refractivity contribution in [2.45, 2.75) is 82.4 Å². The third-order valence-electron chi connectivity index (χ3n) is 8.17. The monoisotopic (exact) mass is 517 g/mol. The summed E-state index contributed by atoms with van der Waals surface area (Å²) in [7, 11) is 0. The number of nitrogens with zero attached hydrogens (tertiary/aromatic N) is 3. The van der Waals surface area contributed by atoms with Gasteiger partial charge in [-0.05, 0) is 39.0 Å². The number of rotatable bonds is 6. The number of amides is 3. The molecule has 4 aliphatic heterocycles. The molecule has 1 spiro atoms. The second kappa shape index (κ2) is 9.19. The van der Waals surface area contributed by atoms with Gasteiger partial charge in [-0.1, -0.05) is 52.0 Å². The van der Waals surface area contributed by atoms with Crippen molar-refractivity contribution in [3.05, 3.63) is 24.3 Å². The number of likely N-dealkylation sites (tertiary alicyclic amines) is 1. The molecular weight excluding hydrogens is 474 g/mol. The summed E-state index contributed by atoms with van der Waals surface area (Å²) in [5, 5.41) is 9.89. The lowest BCUT2D eigenvalue weighted by Crippen LogP contribution is -2.59. The van der Waals surface area contributed by atoms with Crippen LogP contribution >= 0.6 is 11.8 Å². The Bertz CT molecular complexity index is 986. The fourth-order valence-corrected chi connectivity index (χ4v) is 9.49. The van der Waals surface area contributed by atoms with Gasteiger partial charge in [-0.3, -0.25) is 14.4 Å². The van der Waals surface area contributed by atoms with E-state index in [2.05, 4.69) is 46.8 Å². The molecule has 1 N–H and O–H groups in total. The Balaban J connectivity index is 1.83.